The van der Waals surface area contributed by atoms with Crippen LogP contribution in [0.15, 0.2) is 12.4 Å². The third-order valence-electron chi connectivity index (χ3n) is 2.33. The SMILES string of the molecule is O=C(c1cncc(Cl)n1)N1CC(CO)C1. The first-order valence-electron chi connectivity index (χ1n) is 4.58. The van der Waals surface area contributed by atoms with Crippen molar-refractivity contribution in [3.63, 3.8) is 0 Å². The first-order chi connectivity index (χ1) is 7.20. The van der Waals surface area contributed by atoms with Crippen molar-refractivity contribution in [1.29, 1.82) is 0 Å². The van der Waals surface area contributed by atoms with Gasteiger partial charge in [0.15, 0.2) is 0 Å². The number of likely N-dealkylation sites (tertiary alicyclic amines) is 1. The van der Waals surface area contributed by atoms with Gasteiger partial charge in [0, 0.05) is 25.6 Å². The fourth-order valence-electron chi connectivity index (χ4n) is 1.46. The molecule has 1 aliphatic rings. The van der Waals surface area contributed by atoms with E-state index in [1.54, 1.807) is 4.90 Å². The Morgan fingerprint density at radius 1 is 1.60 bits per heavy atom. The Kier molecular flexibility index (Phi) is 2.83. The minimum atomic E-state index is -0.185. The number of aromatic nitrogens is 2. The van der Waals surface area contributed by atoms with E-state index in [9.17, 15) is 4.79 Å². The van der Waals surface area contributed by atoms with Crippen molar-refractivity contribution in [3.05, 3.63) is 23.2 Å². The van der Waals surface area contributed by atoms with Crippen molar-refractivity contribution in [2.45, 2.75) is 0 Å². The Balaban J connectivity index is 2.03. The lowest BCUT2D eigenvalue weighted by Gasteiger charge is -2.37. The van der Waals surface area contributed by atoms with Crippen molar-refractivity contribution in [3.8, 4) is 0 Å². The molecule has 15 heavy (non-hydrogen) atoms. The van der Waals surface area contributed by atoms with E-state index in [1.807, 2.05) is 0 Å². The molecule has 0 spiro atoms. The lowest BCUT2D eigenvalue weighted by atomic mass is 10.0. The summed E-state index contributed by atoms with van der Waals surface area (Å²) >= 11 is 5.63. The second-order valence-electron chi connectivity index (χ2n) is 3.49. The van der Waals surface area contributed by atoms with E-state index >= 15 is 0 Å². The van der Waals surface area contributed by atoms with E-state index in [1.165, 1.54) is 12.4 Å². The van der Waals surface area contributed by atoms with Crippen LogP contribution in [0.5, 0.6) is 0 Å². The average molecular weight is 228 g/mol. The van der Waals surface area contributed by atoms with Crippen LogP contribution in [0.1, 0.15) is 10.5 Å². The molecule has 1 saturated heterocycles. The molecule has 80 valence electrons. The third-order valence-corrected chi connectivity index (χ3v) is 2.51. The zero-order chi connectivity index (χ0) is 10.8. The van der Waals surface area contributed by atoms with Gasteiger partial charge in [0.2, 0.25) is 0 Å². The summed E-state index contributed by atoms with van der Waals surface area (Å²) in [4.78, 5) is 21.0. The maximum absolute atomic E-state index is 11.7. The van der Waals surface area contributed by atoms with E-state index in [-0.39, 0.29) is 29.3 Å². The van der Waals surface area contributed by atoms with Crippen LogP contribution in [0.4, 0.5) is 0 Å². The number of carbonyl (C=O) groups excluding carboxylic acids is 1. The largest absolute Gasteiger partial charge is 0.396 e. The van der Waals surface area contributed by atoms with Crippen LogP contribution in [0, 0.1) is 5.92 Å². The summed E-state index contributed by atoms with van der Waals surface area (Å²) in [6, 6.07) is 0. The van der Waals surface area contributed by atoms with Crippen LogP contribution in [0.2, 0.25) is 5.15 Å². The normalized spacial score (nSPS) is 16.3. The fraction of sp³-hybridized carbons (Fsp3) is 0.444. The molecule has 1 amide bonds. The molecule has 1 aromatic rings. The van der Waals surface area contributed by atoms with E-state index in [4.69, 9.17) is 16.7 Å². The molecule has 1 aliphatic heterocycles. The van der Waals surface area contributed by atoms with Crippen molar-refractivity contribution in [2.75, 3.05) is 19.7 Å². The molecule has 2 rings (SSSR count). The van der Waals surface area contributed by atoms with Gasteiger partial charge >= 0.3 is 0 Å². The number of hydrogen-bond acceptors (Lipinski definition) is 4. The monoisotopic (exact) mass is 227 g/mol. The summed E-state index contributed by atoms with van der Waals surface area (Å²) in [7, 11) is 0. The summed E-state index contributed by atoms with van der Waals surface area (Å²) in [5, 5.41) is 9.02. The van der Waals surface area contributed by atoms with Gasteiger partial charge < -0.3 is 10.0 Å². The van der Waals surface area contributed by atoms with Gasteiger partial charge in [-0.2, -0.15) is 0 Å². The van der Waals surface area contributed by atoms with E-state index in [0.29, 0.717) is 13.1 Å². The molecule has 1 aromatic heterocycles. The highest BCUT2D eigenvalue weighted by molar-refractivity contribution is 6.29. The number of carbonyl (C=O) groups is 1. The van der Waals surface area contributed by atoms with Crippen molar-refractivity contribution in [2.24, 2.45) is 5.92 Å². The minimum Gasteiger partial charge on any atom is -0.396 e. The van der Waals surface area contributed by atoms with Crippen LogP contribution in [0.3, 0.4) is 0 Å². The molecule has 0 aromatic carbocycles. The number of amides is 1. The molecule has 5 nitrogen and oxygen atoms in total. The quantitative estimate of drug-likeness (QED) is 0.784. The maximum Gasteiger partial charge on any atom is 0.274 e. The molecule has 0 saturated carbocycles. The van der Waals surface area contributed by atoms with Gasteiger partial charge in [-0.15, -0.1) is 0 Å². The molecule has 2 heterocycles. The first kappa shape index (κ1) is 10.3. The van der Waals surface area contributed by atoms with Gasteiger partial charge in [-0.25, -0.2) is 4.98 Å². The summed E-state index contributed by atoms with van der Waals surface area (Å²) in [5.74, 6) is 0.00999. The van der Waals surface area contributed by atoms with Crippen LogP contribution in [0.25, 0.3) is 0 Å². The van der Waals surface area contributed by atoms with Crippen LogP contribution in [-0.2, 0) is 0 Å². The van der Waals surface area contributed by atoms with Crippen molar-refractivity contribution < 1.29 is 9.90 Å². The molecule has 1 N–H and O–H groups in total. The number of aliphatic hydroxyl groups excluding tert-OH is 1. The second-order valence-corrected chi connectivity index (χ2v) is 3.87. The molecule has 0 atom stereocenters. The summed E-state index contributed by atoms with van der Waals surface area (Å²) in [6.07, 6.45) is 2.77. The van der Waals surface area contributed by atoms with Crippen molar-refractivity contribution >= 4 is 17.5 Å². The number of hydrogen-bond donors (Lipinski definition) is 1. The molecular weight excluding hydrogens is 218 g/mol. The number of aliphatic hydroxyl groups is 1. The number of nitrogens with zero attached hydrogens (tertiary/aromatic N) is 3. The van der Waals surface area contributed by atoms with Gasteiger partial charge in [0.25, 0.3) is 5.91 Å². The lowest BCUT2D eigenvalue weighted by Crippen LogP contribution is -2.51. The van der Waals surface area contributed by atoms with E-state index in [0.717, 1.165) is 0 Å². The van der Waals surface area contributed by atoms with Crippen LogP contribution >= 0.6 is 11.6 Å². The average Bonchev–Trinajstić information content (AvgIpc) is 2.16. The molecular formula is C9H10ClN3O2. The van der Waals surface area contributed by atoms with Gasteiger partial charge in [-0.3, -0.25) is 9.78 Å². The Morgan fingerprint density at radius 3 is 2.93 bits per heavy atom. The predicted octanol–water partition coefficient (Wildman–Crippen LogP) is 0.194. The van der Waals surface area contributed by atoms with Crippen molar-refractivity contribution in [1.82, 2.24) is 14.9 Å². The van der Waals surface area contributed by atoms with Gasteiger partial charge in [-0.1, -0.05) is 11.6 Å². The molecule has 0 bridgehead atoms. The summed E-state index contributed by atoms with van der Waals surface area (Å²) < 4.78 is 0. The number of rotatable bonds is 2. The predicted molar refractivity (Wildman–Crippen MR) is 53.5 cm³/mol. The second kappa shape index (κ2) is 4.12. The Hall–Kier alpha value is -1.20. The van der Waals surface area contributed by atoms with Crippen LogP contribution in [-0.4, -0.2) is 45.6 Å². The topological polar surface area (TPSA) is 66.3 Å². The Bertz CT molecular complexity index is 379. The minimum absolute atomic E-state index is 0.116. The zero-order valence-electron chi connectivity index (χ0n) is 7.93. The third kappa shape index (κ3) is 2.08. The van der Waals surface area contributed by atoms with Gasteiger partial charge in [0.1, 0.15) is 10.8 Å². The van der Waals surface area contributed by atoms with E-state index in [2.05, 4.69) is 9.97 Å². The molecule has 6 heteroatoms. The Morgan fingerprint density at radius 2 is 2.33 bits per heavy atom. The maximum atomic E-state index is 11.7. The van der Waals surface area contributed by atoms with E-state index < -0.39 is 0 Å². The Labute approximate surface area is 91.7 Å². The molecule has 0 aliphatic carbocycles. The fourth-order valence-corrected chi connectivity index (χ4v) is 1.61. The number of halogens is 1. The first-order valence-corrected chi connectivity index (χ1v) is 4.96. The summed E-state index contributed by atoms with van der Waals surface area (Å²) in [6.45, 7) is 1.26. The lowest BCUT2D eigenvalue weighted by molar-refractivity contribution is 0.0356. The smallest absolute Gasteiger partial charge is 0.274 e. The van der Waals surface area contributed by atoms with Gasteiger partial charge in [0.05, 0.1) is 12.4 Å². The van der Waals surface area contributed by atoms with Crippen LogP contribution < -0.4 is 0 Å². The highest BCUT2D eigenvalue weighted by Gasteiger charge is 2.31. The highest BCUT2D eigenvalue weighted by Crippen LogP contribution is 2.17. The molecule has 0 unspecified atom stereocenters. The highest BCUT2D eigenvalue weighted by atomic mass is 35.5. The molecule has 0 radical (unpaired) electrons. The molecule has 1 fully saturated rings. The van der Waals surface area contributed by atoms with Gasteiger partial charge in [-0.05, 0) is 0 Å². The zero-order valence-corrected chi connectivity index (χ0v) is 8.68. The summed E-state index contributed by atoms with van der Waals surface area (Å²) in [5.41, 5.74) is 0.249. The standard InChI is InChI=1S/C9H10ClN3O2/c10-8-2-11-1-7(12-8)9(15)13-3-6(4-13)5-14/h1-2,6,14H,3-5H2.